The number of carbonyl (C=O) groups is 1. The Morgan fingerprint density at radius 3 is 2.58 bits per heavy atom. The highest BCUT2D eigenvalue weighted by Crippen LogP contribution is 2.38. The summed E-state index contributed by atoms with van der Waals surface area (Å²) in [7, 11) is -0.206. The summed E-state index contributed by atoms with van der Waals surface area (Å²) in [6.07, 6.45) is 0.596. The van der Waals surface area contributed by atoms with Crippen LogP contribution in [0.5, 0.6) is 0 Å². The fraction of sp³-hybridized carbons (Fsp3) is 0.500. The van der Waals surface area contributed by atoms with Crippen molar-refractivity contribution in [3.8, 4) is 6.07 Å². The number of likely N-dealkylation sites (tertiary alicyclic amines) is 1. The highest BCUT2D eigenvalue weighted by Gasteiger charge is 2.41. The molecule has 3 rings (SSSR count). The lowest BCUT2D eigenvalue weighted by atomic mass is 10.0. The van der Waals surface area contributed by atoms with Crippen molar-refractivity contribution in [2.24, 2.45) is 0 Å². The molecule has 1 aliphatic rings. The van der Waals surface area contributed by atoms with Gasteiger partial charge in [0.05, 0.1) is 17.7 Å². The minimum Gasteiger partial charge on any atom is -0.445 e. The molecule has 1 saturated heterocycles. The summed E-state index contributed by atoms with van der Waals surface area (Å²) < 4.78 is 26.3. The Bertz CT molecular complexity index is 1080. The maximum Gasteiger partial charge on any atom is 0.410 e. The van der Waals surface area contributed by atoms with Gasteiger partial charge >= 0.3 is 6.09 Å². The lowest BCUT2D eigenvalue weighted by Crippen LogP contribution is -2.45. The van der Waals surface area contributed by atoms with Crippen LogP contribution in [-0.4, -0.2) is 57.0 Å². The molecule has 6 nitrogen and oxygen atoms in total. The van der Waals surface area contributed by atoms with Crippen molar-refractivity contribution in [3.63, 3.8) is 0 Å². The molecule has 1 amide bonds. The fourth-order valence-corrected chi connectivity index (χ4v) is 5.51. The summed E-state index contributed by atoms with van der Waals surface area (Å²) in [6, 6.07) is 15.5. The van der Waals surface area contributed by atoms with Gasteiger partial charge in [0.15, 0.2) is 8.32 Å². The second-order valence-corrected chi connectivity index (χ2v) is 15.8. The van der Waals surface area contributed by atoms with E-state index < -0.39 is 26.3 Å². The highest BCUT2D eigenvalue weighted by atomic mass is 28.4. The third-order valence-corrected chi connectivity index (χ3v) is 11.9. The molecule has 2 aromatic rings. The topological polar surface area (TPSA) is 65.8 Å². The van der Waals surface area contributed by atoms with Crippen molar-refractivity contribution >= 4 is 14.4 Å². The second-order valence-electron chi connectivity index (χ2n) is 11.1. The maximum atomic E-state index is 14.1. The molecule has 194 valence electrons. The van der Waals surface area contributed by atoms with Crippen LogP contribution in [0.2, 0.25) is 18.1 Å². The van der Waals surface area contributed by atoms with E-state index in [-0.39, 0.29) is 23.3 Å². The average molecular weight is 512 g/mol. The van der Waals surface area contributed by atoms with E-state index in [1.54, 1.807) is 18.0 Å². The highest BCUT2D eigenvalue weighted by molar-refractivity contribution is 6.74. The van der Waals surface area contributed by atoms with Gasteiger partial charge in [-0.2, -0.15) is 5.26 Å². The number of rotatable bonds is 8. The van der Waals surface area contributed by atoms with Crippen LogP contribution in [0.15, 0.2) is 48.5 Å². The number of amides is 1. The number of halogens is 1. The van der Waals surface area contributed by atoms with Gasteiger partial charge in [-0.3, -0.25) is 4.90 Å². The standard InChI is InChI=1S/C28H38FN3O3Si/c1-28(2,3)36(5,6)35-24-14-15-32(18-24)19-26(22-12-13-25(29)23(16-22)17-30)31(4)27(33)34-20-21-10-8-7-9-11-21/h7-13,16,24,26H,14-15,18-20H2,1-6H3/t24-,26?/m0/s1. The molecule has 1 aliphatic heterocycles. The summed E-state index contributed by atoms with van der Waals surface area (Å²) in [6.45, 7) is 13.5. The first kappa shape index (κ1) is 27.8. The number of likely N-dealkylation sites (N-methyl/N-ethyl adjacent to an activating group) is 1. The fourth-order valence-electron chi connectivity index (χ4n) is 4.13. The average Bonchev–Trinajstić information content (AvgIpc) is 3.27. The normalized spacial score (nSPS) is 17.4. The SMILES string of the molecule is CN(C(=O)OCc1ccccc1)C(CN1CC[C@H](O[Si](C)(C)C(C)(C)C)C1)c1ccc(F)c(C#N)c1. The first-order valence-electron chi connectivity index (χ1n) is 12.4. The van der Waals surface area contributed by atoms with Gasteiger partial charge in [-0.1, -0.05) is 57.2 Å². The van der Waals surface area contributed by atoms with Crippen molar-refractivity contribution in [2.75, 3.05) is 26.7 Å². The van der Waals surface area contributed by atoms with Crippen LogP contribution in [0.3, 0.4) is 0 Å². The Morgan fingerprint density at radius 2 is 1.94 bits per heavy atom. The van der Waals surface area contributed by atoms with Crippen molar-refractivity contribution in [1.82, 2.24) is 9.80 Å². The molecule has 0 aromatic heterocycles. The van der Waals surface area contributed by atoms with Gasteiger partial charge in [-0.25, -0.2) is 9.18 Å². The van der Waals surface area contributed by atoms with Gasteiger partial charge in [0.25, 0.3) is 0 Å². The van der Waals surface area contributed by atoms with E-state index in [0.29, 0.717) is 12.1 Å². The first-order chi connectivity index (χ1) is 16.9. The minimum absolute atomic E-state index is 0.0379. The predicted molar refractivity (Wildman–Crippen MR) is 141 cm³/mol. The first-order valence-corrected chi connectivity index (χ1v) is 15.4. The molecular formula is C28H38FN3O3Si. The van der Waals surface area contributed by atoms with Crippen molar-refractivity contribution in [3.05, 3.63) is 71.0 Å². The number of hydrogen-bond donors (Lipinski definition) is 0. The lowest BCUT2D eigenvalue weighted by Gasteiger charge is -2.38. The Morgan fingerprint density at radius 1 is 1.25 bits per heavy atom. The number of carbonyl (C=O) groups excluding carboxylic acids is 1. The summed E-state index contributed by atoms with van der Waals surface area (Å²) in [4.78, 5) is 16.8. The van der Waals surface area contributed by atoms with Crippen molar-refractivity contribution < 1.29 is 18.3 Å². The van der Waals surface area contributed by atoms with Crippen LogP contribution in [0.1, 0.15) is 49.9 Å². The third kappa shape index (κ3) is 6.93. The van der Waals surface area contributed by atoms with E-state index in [4.69, 9.17) is 9.16 Å². The van der Waals surface area contributed by atoms with Gasteiger partial charge in [0.1, 0.15) is 18.5 Å². The Labute approximate surface area is 215 Å². The Hall–Kier alpha value is -2.73. The molecule has 0 saturated carbocycles. The molecule has 36 heavy (non-hydrogen) atoms. The molecule has 0 radical (unpaired) electrons. The zero-order valence-electron chi connectivity index (χ0n) is 22.3. The number of ether oxygens (including phenoxy) is 1. The van der Waals surface area contributed by atoms with E-state index in [1.165, 1.54) is 12.1 Å². The van der Waals surface area contributed by atoms with E-state index in [2.05, 4.69) is 38.8 Å². The van der Waals surface area contributed by atoms with E-state index >= 15 is 0 Å². The summed E-state index contributed by atoms with van der Waals surface area (Å²) in [5.41, 5.74) is 1.56. The van der Waals surface area contributed by atoms with Crippen LogP contribution < -0.4 is 0 Å². The Kier molecular flexibility index (Phi) is 8.93. The quantitative estimate of drug-likeness (QED) is 0.401. The second kappa shape index (κ2) is 11.5. The molecule has 1 heterocycles. The van der Waals surface area contributed by atoms with E-state index in [0.717, 1.165) is 25.1 Å². The third-order valence-electron chi connectivity index (χ3n) is 7.38. The zero-order valence-corrected chi connectivity index (χ0v) is 23.3. The lowest BCUT2D eigenvalue weighted by molar-refractivity contribution is 0.0819. The van der Waals surface area contributed by atoms with E-state index in [1.807, 2.05) is 36.4 Å². The molecule has 0 spiro atoms. The minimum atomic E-state index is -1.89. The molecule has 2 atom stereocenters. The van der Waals surface area contributed by atoms with Crippen LogP contribution in [0.4, 0.5) is 9.18 Å². The van der Waals surface area contributed by atoms with Gasteiger partial charge in [0.2, 0.25) is 0 Å². The zero-order chi connectivity index (χ0) is 26.5. The summed E-state index contributed by atoms with van der Waals surface area (Å²) >= 11 is 0. The number of hydrogen-bond acceptors (Lipinski definition) is 5. The molecule has 0 aliphatic carbocycles. The molecule has 1 fully saturated rings. The van der Waals surface area contributed by atoms with Gasteiger partial charge < -0.3 is 14.1 Å². The number of nitriles is 1. The van der Waals surface area contributed by atoms with E-state index in [9.17, 15) is 14.4 Å². The van der Waals surface area contributed by atoms with Crippen LogP contribution >= 0.6 is 0 Å². The van der Waals surface area contributed by atoms with Gasteiger partial charge in [-0.15, -0.1) is 0 Å². The van der Waals surface area contributed by atoms with Crippen LogP contribution in [-0.2, 0) is 15.8 Å². The molecule has 0 bridgehead atoms. The van der Waals surface area contributed by atoms with Crippen LogP contribution in [0, 0.1) is 17.1 Å². The van der Waals surface area contributed by atoms with Gasteiger partial charge in [-0.05, 0) is 47.8 Å². The molecule has 8 heteroatoms. The van der Waals surface area contributed by atoms with Crippen molar-refractivity contribution in [2.45, 2.75) is 64.1 Å². The molecule has 0 N–H and O–H groups in total. The largest absolute Gasteiger partial charge is 0.445 e. The Balaban J connectivity index is 1.75. The monoisotopic (exact) mass is 511 g/mol. The van der Waals surface area contributed by atoms with Crippen molar-refractivity contribution in [1.29, 1.82) is 5.26 Å². The van der Waals surface area contributed by atoms with Gasteiger partial charge in [0, 0.05) is 26.7 Å². The summed E-state index contributed by atoms with van der Waals surface area (Å²) in [5.74, 6) is -0.571. The number of nitrogens with zero attached hydrogens (tertiary/aromatic N) is 3. The smallest absolute Gasteiger partial charge is 0.410 e. The summed E-state index contributed by atoms with van der Waals surface area (Å²) in [5, 5.41) is 9.49. The van der Waals surface area contributed by atoms with Crippen LogP contribution in [0.25, 0.3) is 0 Å². The molecule has 1 unspecified atom stereocenters. The predicted octanol–water partition coefficient (Wildman–Crippen LogP) is 6.10. The molecule has 2 aromatic carbocycles. The molecular weight excluding hydrogens is 473 g/mol. The maximum absolute atomic E-state index is 14.1. The number of benzene rings is 2.